The van der Waals surface area contributed by atoms with E-state index in [1.807, 2.05) is 0 Å². The van der Waals surface area contributed by atoms with Gasteiger partial charge in [-0.15, -0.1) is 0 Å². The number of hydrogen-bond acceptors (Lipinski definition) is 4. The number of aliphatic hydroxyl groups is 1. The summed E-state index contributed by atoms with van der Waals surface area (Å²) in [4.78, 5) is 0. The first-order valence-electron chi connectivity index (χ1n) is 17.0. The summed E-state index contributed by atoms with van der Waals surface area (Å²) in [5.74, 6) is -84.9. The zero-order valence-electron chi connectivity index (χ0n) is 30.2. The zero-order chi connectivity index (χ0) is 44.7. The van der Waals surface area contributed by atoms with Crippen molar-refractivity contribution >= 4 is 10.2 Å². The molecule has 0 aromatic carbocycles. The highest BCUT2D eigenvalue weighted by atomic mass is 28.1. The Hall–Kier alpha value is -1.41. The van der Waals surface area contributed by atoms with Crippen molar-refractivity contribution in [2.45, 2.75) is 168 Å². The molecule has 1 unspecified atom stereocenters. The molecule has 0 aliphatic rings. The summed E-state index contributed by atoms with van der Waals surface area (Å²) in [7, 11) is -1.39. The van der Waals surface area contributed by atoms with Gasteiger partial charge < -0.3 is 19.3 Å². The predicted molar refractivity (Wildman–Crippen MR) is 158 cm³/mol. The standard InChI is InChI=1S/C30H43F21O4Si/c1-4-7-10-13-16-53-28(52,30(56,54-17-14-11-8-5-2)55-18-15-12-9-6-3)26(45,46)24(41,42)22(37,38)20(33,34)19(31,32)21(35,36)23(39,40)25(43,44)27(47,48)29(49,50)51/h52H,4-18H2,1-3,56H3. The van der Waals surface area contributed by atoms with Gasteiger partial charge in [-0.25, -0.2) is 0 Å². The fraction of sp³-hybridized carbons (Fsp3) is 1.00. The van der Waals surface area contributed by atoms with E-state index < -0.39 is 107 Å². The van der Waals surface area contributed by atoms with E-state index >= 15 is 26.3 Å². The van der Waals surface area contributed by atoms with Crippen LogP contribution in [0.15, 0.2) is 0 Å². The molecule has 0 amide bonds. The average Bonchev–Trinajstić information content (AvgIpc) is 3.06. The van der Waals surface area contributed by atoms with Crippen LogP contribution < -0.4 is 0 Å². The van der Waals surface area contributed by atoms with Crippen LogP contribution >= 0.6 is 0 Å². The third-order valence-electron chi connectivity index (χ3n) is 8.61. The molecule has 0 saturated carbocycles. The maximum Gasteiger partial charge on any atom is 0.460 e. The molecule has 338 valence electrons. The molecule has 4 nitrogen and oxygen atoms in total. The van der Waals surface area contributed by atoms with Crippen LogP contribution in [-0.4, -0.2) is 106 Å². The van der Waals surface area contributed by atoms with Crippen molar-refractivity contribution in [1.29, 1.82) is 0 Å². The van der Waals surface area contributed by atoms with E-state index in [1.165, 1.54) is 0 Å². The minimum atomic E-state index is -9.32. The topological polar surface area (TPSA) is 47.9 Å². The molecule has 26 heteroatoms. The van der Waals surface area contributed by atoms with Gasteiger partial charge >= 0.3 is 59.5 Å². The van der Waals surface area contributed by atoms with Gasteiger partial charge in [-0.2, -0.15) is 92.2 Å². The van der Waals surface area contributed by atoms with Crippen LogP contribution in [0.1, 0.15) is 97.8 Å². The first-order chi connectivity index (χ1) is 24.9. The Morgan fingerprint density at radius 3 is 0.821 bits per heavy atom. The van der Waals surface area contributed by atoms with Crippen molar-refractivity contribution in [1.82, 2.24) is 0 Å². The van der Waals surface area contributed by atoms with Crippen LogP contribution in [0.25, 0.3) is 0 Å². The number of alkyl halides is 21. The third-order valence-corrected chi connectivity index (χ3v) is 9.87. The van der Waals surface area contributed by atoms with Crippen LogP contribution in [0.4, 0.5) is 92.2 Å². The molecule has 0 aromatic heterocycles. The number of hydrogen-bond donors (Lipinski definition) is 1. The maximum absolute atomic E-state index is 16.0. The van der Waals surface area contributed by atoms with E-state index in [-0.39, 0.29) is 38.5 Å². The normalized spacial score (nSPS) is 16.4. The van der Waals surface area contributed by atoms with Crippen molar-refractivity contribution in [3.63, 3.8) is 0 Å². The largest absolute Gasteiger partial charge is 0.460 e. The molecule has 0 fully saturated rings. The molecular weight excluding hydrogens is 851 g/mol. The van der Waals surface area contributed by atoms with Gasteiger partial charge in [0.25, 0.3) is 5.79 Å². The Balaban J connectivity index is 7.67. The van der Waals surface area contributed by atoms with Crippen molar-refractivity contribution in [2.24, 2.45) is 0 Å². The minimum absolute atomic E-state index is 0.0554. The van der Waals surface area contributed by atoms with Gasteiger partial charge in [0, 0.05) is 13.2 Å². The Labute approximate surface area is 310 Å². The van der Waals surface area contributed by atoms with Crippen LogP contribution in [0, 0.1) is 0 Å². The van der Waals surface area contributed by atoms with Gasteiger partial charge in [-0.05, 0) is 19.3 Å². The monoisotopic (exact) mass is 894 g/mol. The maximum atomic E-state index is 16.0. The summed E-state index contributed by atoms with van der Waals surface area (Å²) in [6, 6.07) is 0. The lowest BCUT2D eigenvalue weighted by molar-refractivity contribution is -0.498. The lowest BCUT2D eigenvalue weighted by Crippen LogP contribution is -2.80. The fourth-order valence-electron chi connectivity index (χ4n) is 4.86. The highest BCUT2D eigenvalue weighted by molar-refractivity contribution is 6.14. The number of ether oxygens (including phenoxy) is 3. The summed E-state index contributed by atoms with van der Waals surface area (Å²) >= 11 is 0. The second-order valence-electron chi connectivity index (χ2n) is 13.0. The number of unbranched alkanes of at least 4 members (excludes halogenated alkanes) is 9. The Bertz CT molecular complexity index is 1180. The Kier molecular flexibility index (Phi) is 18.4. The van der Waals surface area contributed by atoms with E-state index in [9.17, 15) is 71.0 Å². The second-order valence-corrected chi connectivity index (χ2v) is 14.3. The molecule has 0 radical (unpaired) electrons. The molecule has 0 saturated heterocycles. The van der Waals surface area contributed by atoms with Gasteiger partial charge in [-0.1, -0.05) is 78.6 Å². The molecule has 0 spiro atoms. The molecule has 56 heavy (non-hydrogen) atoms. The van der Waals surface area contributed by atoms with E-state index in [4.69, 9.17) is 9.47 Å². The lowest BCUT2D eigenvalue weighted by Gasteiger charge is -2.51. The Morgan fingerprint density at radius 1 is 0.339 bits per heavy atom. The molecule has 0 aromatic rings. The van der Waals surface area contributed by atoms with Crippen LogP contribution in [0.2, 0.25) is 0 Å². The van der Waals surface area contributed by atoms with E-state index in [0.29, 0.717) is 32.1 Å². The van der Waals surface area contributed by atoms with Crippen LogP contribution in [-0.2, 0) is 14.2 Å². The number of rotatable bonds is 28. The highest BCUT2D eigenvalue weighted by Gasteiger charge is 2.99. The van der Waals surface area contributed by atoms with Gasteiger partial charge in [0.15, 0.2) is 5.41 Å². The summed E-state index contributed by atoms with van der Waals surface area (Å²) in [6.45, 7) is 1.80. The smallest absolute Gasteiger partial charge is 0.357 e. The molecule has 0 bridgehead atoms. The highest BCUT2D eigenvalue weighted by Crippen LogP contribution is 2.67. The average molecular weight is 895 g/mol. The van der Waals surface area contributed by atoms with Crippen molar-refractivity contribution < 1.29 is 112 Å². The molecule has 0 rings (SSSR count). The lowest BCUT2D eigenvalue weighted by atomic mass is 9.84. The predicted octanol–water partition coefficient (Wildman–Crippen LogP) is 10.8. The number of halogens is 21. The van der Waals surface area contributed by atoms with Crippen molar-refractivity contribution in [3.05, 3.63) is 0 Å². The quantitative estimate of drug-likeness (QED) is 0.0368. The van der Waals surface area contributed by atoms with Crippen molar-refractivity contribution in [2.75, 3.05) is 19.8 Å². The van der Waals surface area contributed by atoms with Gasteiger partial charge in [0.1, 0.15) is 0 Å². The third kappa shape index (κ3) is 9.47. The van der Waals surface area contributed by atoms with E-state index in [2.05, 4.69) is 4.74 Å². The molecule has 1 atom stereocenters. The van der Waals surface area contributed by atoms with Crippen molar-refractivity contribution in [3.8, 4) is 0 Å². The molecule has 1 N–H and O–H groups in total. The van der Waals surface area contributed by atoms with E-state index in [1.54, 1.807) is 20.8 Å². The first-order valence-corrected chi connectivity index (χ1v) is 18.0. The molecule has 0 aliphatic carbocycles. The van der Waals surface area contributed by atoms with Crippen LogP contribution in [0.3, 0.4) is 0 Å². The van der Waals surface area contributed by atoms with E-state index in [0.717, 1.165) is 0 Å². The Morgan fingerprint density at radius 2 is 0.571 bits per heavy atom. The molecule has 0 aliphatic heterocycles. The second kappa shape index (κ2) is 18.9. The van der Waals surface area contributed by atoms with Gasteiger partial charge in [0.05, 0.1) is 16.8 Å². The van der Waals surface area contributed by atoms with Gasteiger partial charge in [-0.3, -0.25) is 0 Å². The zero-order valence-corrected chi connectivity index (χ0v) is 32.2. The summed E-state index contributed by atoms with van der Waals surface area (Å²) in [6.07, 6.45) is -6.22. The summed E-state index contributed by atoms with van der Waals surface area (Å²) < 4.78 is 313. The first kappa shape index (κ1) is 54.6. The summed E-state index contributed by atoms with van der Waals surface area (Å²) in [5.41, 5.74) is -3.78. The minimum Gasteiger partial charge on any atom is -0.357 e. The molecule has 0 heterocycles. The van der Waals surface area contributed by atoms with Gasteiger partial charge in [0.2, 0.25) is 0 Å². The fourth-order valence-corrected chi connectivity index (χ4v) is 5.72. The SMILES string of the molecule is CCCCCCOC([SiH3])(OCCCCCC)C(O)(OCCCCCC)C(F)(F)C(F)(F)C(F)(F)C(F)(F)C(F)(F)C(F)(F)C(F)(F)C(F)(F)C(F)(F)C(F)(F)F. The summed E-state index contributed by atoms with van der Waals surface area (Å²) in [5, 5.41) is 11.2. The van der Waals surface area contributed by atoms with Crippen LogP contribution in [0.5, 0.6) is 0 Å². The molecular formula is C30H43F21O4Si.